The van der Waals surface area contributed by atoms with Gasteiger partial charge in [-0.3, -0.25) is 0 Å². The van der Waals surface area contributed by atoms with Crippen molar-refractivity contribution in [2.24, 2.45) is 0 Å². The number of rotatable bonds is 3. The third kappa shape index (κ3) is 3.11. The highest BCUT2D eigenvalue weighted by Crippen LogP contribution is 2.33. The zero-order valence-corrected chi connectivity index (χ0v) is 16.7. The Morgan fingerprint density at radius 1 is 1.04 bits per heavy atom. The molecule has 4 rings (SSSR count). The Kier molecular flexibility index (Phi) is 4.44. The molecule has 1 N–H and O–H groups in total. The number of sulfonamides is 1. The molecule has 0 spiro atoms. The Morgan fingerprint density at radius 2 is 1.81 bits per heavy atom. The molecule has 4 nitrogen and oxygen atoms in total. The number of benzene rings is 2. The third-order valence-corrected chi connectivity index (χ3v) is 7.36. The van der Waals surface area contributed by atoms with Gasteiger partial charge in [-0.25, -0.2) is 8.42 Å². The standard InChI is InChI=1S/C22H24N2O2S/c1-15-8-9-16(2)21(14-15)27(25,26)24-12-10-18(11-13-24)22-17(3)23-20-7-5-4-6-19(20)22/h4-10,14,23H,11-13H2,1-3H3. The van der Waals surface area contributed by atoms with Gasteiger partial charge >= 0.3 is 0 Å². The van der Waals surface area contributed by atoms with Crippen LogP contribution in [0.15, 0.2) is 53.4 Å². The lowest BCUT2D eigenvalue weighted by atomic mass is 9.97. The van der Waals surface area contributed by atoms with Crippen molar-refractivity contribution in [3.63, 3.8) is 0 Å². The zero-order valence-electron chi connectivity index (χ0n) is 15.9. The van der Waals surface area contributed by atoms with Crippen LogP contribution in [0.2, 0.25) is 0 Å². The highest BCUT2D eigenvalue weighted by Gasteiger charge is 2.28. The quantitative estimate of drug-likeness (QED) is 0.723. The van der Waals surface area contributed by atoms with Crippen molar-refractivity contribution in [3.8, 4) is 0 Å². The maximum Gasteiger partial charge on any atom is 0.243 e. The van der Waals surface area contributed by atoms with Gasteiger partial charge in [-0.05, 0) is 56.0 Å². The summed E-state index contributed by atoms with van der Waals surface area (Å²) in [4.78, 5) is 3.85. The minimum atomic E-state index is -3.48. The summed E-state index contributed by atoms with van der Waals surface area (Å²) in [6, 6.07) is 13.9. The number of fused-ring (bicyclic) bond motifs is 1. The fourth-order valence-electron chi connectivity index (χ4n) is 3.91. The number of para-hydroxylation sites is 1. The van der Waals surface area contributed by atoms with E-state index in [1.165, 1.54) is 16.5 Å². The third-order valence-electron chi connectivity index (χ3n) is 5.35. The predicted octanol–water partition coefficient (Wildman–Crippen LogP) is 4.57. The van der Waals surface area contributed by atoms with E-state index in [1.54, 1.807) is 10.4 Å². The molecular formula is C22H24N2O2S. The SMILES string of the molecule is Cc1ccc(C)c(S(=O)(=O)N2CC=C(c3c(C)[nH]c4ccccc34)CC2)c1. The largest absolute Gasteiger partial charge is 0.358 e. The van der Waals surface area contributed by atoms with Crippen LogP contribution in [0.1, 0.15) is 28.8 Å². The lowest BCUT2D eigenvalue weighted by Gasteiger charge is -2.27. The van der Waals surface area contributed by atoms with Crippen molar-refractivity contribution in [3.05, 3.63) is 70.9 Å². The summed E-state index contributed by atoms with van der Waals surface area (Å²) in [7, 11) is -3.48. The number of aromatic amines is 1. The maximum atomic E-state index is 13.1. The van der Waals surface area contributed by atoms with Gasteiger partial charge in [0.2, 0.25) is 10.0 Å². The number of nitrogens with zero attached hydrogens (tertiary/aromatic N) is 1. The number of hydrogen-bond donors (Lipinski definition) is 1. The smallest absolute Gasteiger partial charge is 0.243 e. The average molecular weight is 381 g/mol. The molecular weight excluding hydrogens is 356 g/mol. The van der Waals surface area contributed by atoms with Gasteiger partial charge in [-0.2, -0.15) is 4.31 Å². The minimum absolute atomic E-state index is 0.407. The Bertz CT molecular complexity index is 1160. The number of hydrogen-bond acceptors (Lipinski definition) is 2. The van der Waals surface area contributed by atoms with Crippen LogP contribution in [-0.4, -0.2) is 30.8 Å². The Hall–Kier alpha value is -2.37. The Labute approximate surface area is 160 Å². The minimum Gasteiger partial charge on any atom is -0.358 e. The number of aryl methyl sites for hydroxylation is 3. The van der Waals surface area contributed by atoms with Crippen LogP contribution in [0.3, 0.4) is 0 Å². The molecule has 0 fully saturated rings. The molecule has 0 atom stereocenters. The predicted molar refractivity (Wildman–Crippen MR) is 110 cm³/mol. The van der Waals surface area contributed by atoms with E-state index in [4.69, 9.17) is 0 Å². The van der Waals surface area contributed by atoms with Gasteiger partial charge in [-0.1, -0.05) is 36.4 Å². The summed E-state index contributed by atoms with van der Waals surface area (Å²) in [5, 5.41) is 1.20. The van der Waals surface area contributed by atoms with Crippen molar-refractivity contribution >= 4 is 26.5 Å². The molecule has 140 valence electrons. The fourth-order valence-corrected chi connectivity index (χ4v) is 5.60. The molecule has 0 unspecified atom stereocenters. The van der Waals surface area contributed by atoms with Gasteiger partial charge in [0.1, 0.15) is 0 Å². The van der Waals surface area contributed by atoms with E-state index in [0.717, 1.165) is 22.3 Å². The zero-order chi connectivity index (χ0) is 19.2. The van der Waals surface area contributed by atoms with Gasteiger partial charge in [0.15, 0.2) is 0 Å². The first-order chi connectivity index (χ1) is 12.9. The maximum absolute atomic E-state index is 13.1. The van der Waals surface area contributed by atoms with Crippen molar-refractivity contribution in [1.29, 1.82) is 0 Å². The van der Waals surface area contributed by atoms with Crippen LogP contribution < -0.4 is 0 Å². The van der Waals surface area contributed by atoms with E-state index < -0.39 is 10.0 Å². The van der Waals surface area contributed by atoms with Crippen molar-refractivity contribution in [2.45, 2.75) is 32.1 Å². The monoisotopic (exact) mass is 380 g/mol. The number of H-pyrrole nitrogens is 1. The second kappa shape index (κ2) is 6.66. The lowest BCUT2D eigenvalue weighted by molar-refractivity contribution is 0.441. The van der Waals surface area contributed by atoms with Crippen LogP contribution >= 0.6 is 0 Å². The number of nitrogens with one attached hydrogen (secondary N) is 1. The van der Waals surface area contributed by atoms with Crippen LogP contribution in [-0.2, 0) is 10.0 Å². The second-order valence-electron chi connectivity index (χ2n) is 7.28. The van der Waals surface area contributed by atoms with Gasteiger partial charge < -0.3 is 4.98 Å². The van der Waals surface area contributed by atoms with E-state index in [1.807, 2.05) is 38.1 Å². The molecule has 0 radical (unpaired) electrons. The van der Waals surface area contributed by atoms with Crippen molar-refractivity contribution in [2.75, 3.05) is 13.1 Å². The van der Waals surface area contributed by atoms with Crippen LogP contribution in [0.5, 0.6) is 0 Å². The fraction of sp³-hybridized carbons (Fsp3) is 0.273. The van der Waals surface area contributed by atoms with E-state index >= 15 is 0 Å². The van der Waals surface area contributed by atoms with Crippen molar-refractivity contribution < 1.29 is 8.42 Å². The first-order valence-electron chi connectivity index (χ1n) is 9.22. The number of aromatic nitrogens is 1. The molecule has 3 aromatic rings. The summed E-state index contributed by atoms with van der Waals surface area (Å²) in [5.41, 5.74) is 6.45. The van der Waals surface area contributed by atoms with Gasteiger partial charge in [0.05, 0.1) is 4.90 Å². The van der Waals surface area contributed by atoms with Crippen LogP contribution in [0.4, 0.5) is 0 Å². The van der Waals surface area contributed by atoms with Crippen LogP contribution in [0.25, 0.3) is 16.5 Å². The summed E-state index contributed by atoms with van der Waals surface area (Å²) in [5.74, 6) is 0. The molecule has 2 aromatic carbocycles. The van der Waals surface area contributed by atoms with E-state index in [2.05, 4.69) is 30.1 Å². The van der Waals surface area contributed by atoms with Gasteiger partial charge in [0.25, 0.3) is 0 Å². The molecule has 2 heterocycles. The molecule has 0 bridgehead atoms. The normalized spacial score (nSPS) is 15.9. The molecule has 0 saturated heterocycles. The Morgan fingerprint density at radius 3 is 2.56 bits per heavy atom. The second-order valence-corrected chi connectivity index (χ2v) is 9.19. The summed E-state index contributed by atoms with van der Waals surface area (Å²) in [6.07, 6.45) is 2.78. The molecule has 1 aromatic heterocycles. The molecule has 1 aliphatic rings. The highest BCUT2D eigenvalue weighted by atomic mass is 32.2. The van der Waals surface area contributed by atoms with E-state index in [9.17, 15) is 8.42 Å². The molecule has 0 aliphatic carbocycles. The summed E-state index contributed by atoms with van der Waals surface area (Å²) in [6.45, 7) is 6.76. The molecule has 0 saturated carbocycles. The first-order valence-corrected chi connectivity index (χ1v) is 10.7. The van der Waals surface area contributed by atoms with Crippen LogP contribution in [0, 0.1) is 20.8 Å². The lowest BCUT2D eigenvalue weighted by Crippen LogP contribution is -2.35. The molecule has 5 heteroatoms. The molecule has 0 amide bonds. The summed E-state index contributed by atoms with van der Waals surface area (Å²) >= 11 is 0. The Balaban J connectivity index is 1.67. The average Bonchev–Trinajstić information content (AvgIpc) is 2.99. The van der Waals surface area contributed by atoms with Crippen molar-refractivity contribution in [1.82, 2.24) is 9.29 Å². The highest BCUT2D eigenvalue weighted by molar-refractivity contribution is 7.89. The first kappa shape index (κ1) is 18.0. The molecule has 1 aliphatic heterocycles. The molecule has 27 heavy (non-hydrogen) atoms. The van der Waals surface area contributed by atoms with E-state index in [-0.39, 0.29) is 0 Å². The topological polar surface area (TPSA) is 53.2 Å². The van der Waals surface area contributed by atoms with E-state index in [0.29, 0.717) is 24.4 Å². The van der Waals surface area contributed by atoms with Gasteiger partial charge in [0, 0.05) is 35.2 Å². The van der Waals surface area contributed by atoms with Gasteiger partial charge in [-0.15, -0.1) is 0 Å². The summed E-state index contributed by atoms with van der Waals surface area (Å²) < 4.78 is 27.8.